The number of rotatable bonds is 6. The Balaban J connectivity index is 3.29. The lowest BCUT2D eigenvalue weighted by atomic mass is 9.97. The lowest BCUT2D eigenvalue weighted by molar-refractivity contribution is -0.255. The van der Waals surface area contributed by atoms with Crippen molar-refractivity contribution in [2.24, 2.45) is 5.73 Å². The molecule has 0 radical (unpaired) electrons. The summed E-state index contributed by atoms with van der Waals surface area (Å²) in [7, 11) is 0. The van der Waals surface area contributed by atoms with E-state index in [9.17, 15) is 24.0 Å². The van der Waals surface area contributed by atoms with Crippen molar-refractivity contribution in [2.75, 3.05) is 6.61 Å². The second-order valence-electron chi connectivity index (χ2n) is 5.63. The van der Waals surface area contributed by atoms with E-state index in [2.05, 4.69) is 5.32 Å². The van der Waals surface area contributed by atoms with Crippen LogP contribution < -0.4 is 11.1 Å². The van der Waals surface area contributed by atoms with Crippen LogP contribution in [-0.4, -0.2) is 67.2 Å². The number of amides is 2. The van der Waals surface area contributed by atoms with Crippen molar-refractivity contribution in [3.05, 3.63) is 0 Å². The van der Waals surface area contributed by atoms with Crippen molar-refractivity contribution in [1.82, 2.24) is 5.32 Å². The molecule has 1 saturated heterocycles. The highest BCUT2D eigenvalue weighted by atomic mass is 16.7. The molecule has 152 valence electrons. The summed E-state index contributed by atoms with van der Waals surface area (Å²) in [5.74, 6) is -2.96. The van der Waals surface area contributed by atoms with Crippen molar-refractivity contribution in [2.45, 2.75) is 58.3 Å². The minimum atomic E-state index is -1.38. The van der Waals surface area contributed by atoms with E-state index < -0.39 is 67.2 Å². The number of nitrogens with one attached hydrogen (secondary N) is 1. The molecular weight excluding hydrogens is 368 g/mol. The lowest BCUT2D eigenvalue weighted by Crippen LogP contribution is -2.66. The van der Waals surface area contributed by atoms with Crippen LogP contribution in [0.25, 0.3) is 0 Å². The number of esters is 4. The van der Waals surface area contributed by atoms with Crippen molar-refractivity contribution in [3.8, 4) is 0 Å². The monoisotopic (exact) mass is 390 g/mol. The van der Waals surface area contributed by atoms with E-state index in [-0.39, 0.29) is 0 Å². The topological polar surface area (TPSA) is 170 Å². The first-order chi connectivity index (χ1) is 12.5. The van der Waals surface area contributed by atoms with E-state index in [1.807, 2.05) is 0 Å². The summed E-state index contributed by atoms with van der Waals surface area (Å²) in [6.07, 6.45) is -6.53. The van der Waals surface area contributed by atoms with Gasteiger partial charge in [-0.25, -0.2) is 4.79 Å². The standard InChI is InChI=1S/C15H22N2O10/c1-6(18)23-5-10-11(24-7(2)19)12(25-8(3)20)13(26-9(4)21)14(27-10)17-15(16)22/h10-14H,5H2,1-4H3,(H3,16,17,22)/t10-,11-,12+,13-,14?/m1/s1. The van der Waals surface area contributed by atoms with E-state index >= 15 is 0 Å². The van der Waals surface area contributed by atoms with Crippen LogP contribution in [0.1, 0.15) is 27.7 Å². The third kappa shape index (κ3) is 7.09. The lowest BCUT2D eigenvalue weighted by Gasteiger charge is -2.44. The zero-order valence-electron chi connectivity index (χ0n) is 15.3. The molecular formula is C15H22N2O10. The molecule has 0 aromatic heterocycles. The Bertz CT molecular complexity index is 607. The van der Waals surface area contributed by atoms with Crippen molar-refractivity contribution < 1.29 is 47.7 Å². The molecule has 1 aliphatic rings. The molecule has 0 aliphatic carbocycles. The second-order valence-corrected chi connectivity index (χ2v) is 5.63. The van der Waals surface area contributed by atoms with Crippen LogP contribution in [0.4, 0.5) is 4.79 Å². The number of ether oxygens (including phenoxy) is 5. The molecule has 0 spiro atoms. The van der Waals surface area contributed by atoms with Crippen LogP contribution in [0.5, 0.6) is 0 Å². The third-order valence-corrected chi connectivity index (χ3v) is 3.28. The zero-order valence-corrected chi connectivity index (χ0v) is 15.3. The summed E-state index contributed by atoms with van der Waals surface area (Å²) in [5.41, 5.74) is 5.10. The molecule has 0 aromatic carbocycles. The van der Waals surface area contributed by atoms with Crippen LogP contribution in [0.15, 0.2) is 0 Å². The summed E-state index contributed by atoms with van der Waals surface area (Å²) in [4.78, 5) is 56.9. The van der Waals surface area contributed by atoms with Gasteiger partial charge < -0.3 is 34.7 Å². The fourth-order valence-corrected chi connectivity index (χ4v) is 2.48. The Morgan fingerprint density at radius 2 is 1.30 bits per heavy atom. The molecule has 1 unspecified atom stereocenters. The highest BCUT2D eigenvalue weighted by molar-refractivity contribution is 5.72. The van der Waals surface area contributed by atoms with Gasteiger partial charge in [-0.1, -0.05) is 0 Å². The van der Waals surface area contributed by atoms with Gasteiger partial charge in [0.1, 0.15) is 12.7 Å². The first-order valence-corrected chi connectivity index (χ1v) is 7.87. The van der Waals surface area contributed by atoms with Gasteiger partial charge in [-0.2, -0.15) is 0 Å². The molecule has 1 heterocycles. The summed E-state index contributed by atoms with van der Waals surface area (Å²) in [6, 6.07) is -1.02. The summed E-state index contributed by atoms with van der Waals surface area (Å²) in [6.45, 7) is 4.02. The minimum absolute atomic E-state index is 0.394. The van der Waals surface area contributed by atoms with Gasteiger partial charge in [0.25, 0.3) is 0 Å². The predicted molar refractivity (Wildman–Crippen MR) is 84.7 cm³/mol. The Morgan fingerprint density at radius 3 is 1.74 bits per heavy atom. The van der Waals surface area contributed by atoms with E-state index in [1.165, 1.54) is 0 Å². The molecule has 0 aromatic rings. The van der Waals surface area contributed by atoms with Gasteiger partial charge in [-0.3, -0.25) is 19.2 Å². The van der Waals surface area contributed by atoms with Crippen molar-refractivity contribution in [3.63, 3.8) is 0 Å². The molecule has 3 N–H and O–H groups in total. The van der Waals surface area contributed by atoms with Crippen LogP contribution in [0, 0.1) is 0 Å². The highest BCUT2D eigenvalue weighted by Crippen LogP contribution is 2.28. The molecule has 5 atom stereocenters. The molecule has 2 amide bonds. The van der Waals surface area contributed by atoms with Gasteiger partial charge in [-0.15, -0.1) is 0 Å². The van der Waals surface area contributed by atoms with E-state index in [0.717, 1.165) is 27.7 Å². The maximum Gasteiger partial charge on any atom is 0.314 e. The molecule has 1 rings (SSSR count). The van der Waals surface area contributed by atoms with Gasteiger partial charge in [0.2, 0.25) is 0 Å². The van der Waals surface area contributed by atoms with Crippen LogP contribution in [0.3, 0.4) is 0 Å². The smallest absolute Gasteiger partial charge is 0.314 e. The number of hydrogen-bond donors (Lipinski definition) is 2. The average molecular weight is 390 g/mol. The largest absolute Gasteiger partial charge is 0.463 e. The SMILES string of the molecule is CC(=O)OC[C@H]1OC(NC(N)=O)[C@H](OC(C)=O)[C@@H](OC(C)=O)[C@@H]1OC(C)=O. The fraction of sp³-hybridized carbons (Fsp3) is 0.667. The second kappa shape index (κ2) is 9.71. The number of hydrogen-bond acceptors (Lipinski definition) is 10. The number of carbonyl (C=O) groups is 5. The molecule has 12 heteroatoms. The van der Waals surface area contributed by atoms with Crippen LogP contribution >= 0.6 is 0 Å². The first kappa shape index (κ1) is 22.2. The Labute approximate surface area is 154 Å². The Hall–Kier alpha value is -2.89. The van der Waals surface area contributed by atoms with Gasteiger partial charge >= 0.3 is 29.9 Å². The van der Waals surface area contributed by atoms with E-state index in [0.29, 0.717) is 0 Å². The van der Waals surface area contributed by atoms with Crippen LogP contribution in [0.2, 0.25) is 0 Å². The third-order valence-electron chi connectivity index (χ3n) is 3.28. The maximum atomic E-state index is 11.5. The highest BCUT2D eigenvalue weighted by Gasteiger charge is 2.52. The van der Waals surface area contributed by atoms with Crippen molar-refractivity contribution >= 4 is 29.9 Å². The van der Waals surface area contributed by atoms with E-state index in [4.69, 9.17) is 29.4 Å². The summed E-state index contributed by atoms with van der Waals surface area (Å²) >= 11 is 0. The molecule has 1 fully saturated rings. The molecule has 27 heavy (non-hydrogen) atoms. The number of carbonyl (C=O) groups excluding carboxylic acids is 5. The molecule has 12 nitrogen and oxygen atoms in total. The minimum Gasteiger partial charge on any atom is -0.463 e. The average Bonchev–Trinajstić information content (AvgIpc) is 2.49. The fourth-order valence-electron chi connectivity index (χ4n) is 2.48. The molecule has 1 aliphatic heterocycles. The summed E-state index contributed by atoms with van der Waals surface area (Å²) < 4.78 is 25.8. The normalized spacial score (nSPS) is 27.0. The van der Waals surface area contributed by atoms with Gasteiger partial charge in [-0.05, 0) is 0 Å². The van der Waals surface area contributed by atoms with Gasteiger partial charge in [0.05, 0.1) is 0 Å². The van der Waals surface area contributed by atoms with Crippen LogP contribution in [-0.2, 0) is 42.9 Å². The number of primary amides is 1. The van der Waals surface area contributed by atoms with E-state index in [1.54, 1.807) is 0 Å². The molecule has 0 saturated carbocycles. The Morgan fingerprint density at radius 1 is 0.815 bits per heavy atom. The maximum absolute atomic E-state index is 11.5. The summed E-state index contributed by atoms with van der Waals surface area (Å²) in [5, 5.41) is 2.20. The number of urea groups is 1. The van der Waals surface area contributed by atoms with Gasteiger partial charge in [0.15, 0.2) is 24.5 Å². The molecule has 0 bridgehead atoms. The van der Waals surface area contributed by atoms with Gasteiger partial charge in [0, 0.05) is 27.7 Å². The predicted octanol–water partition coefficient (Wildman–Crippen LogP) is -1.26. The number of nitrogens with two attached hydrogens (primary N) is 1. The first-order valence-electron chi connectivity index (χ1n) is 7.87. The Kier molecular flexibility index (Phi) is 7.97. The van der Waals surface area contributed by atoms with Crippen molar-refractivity contribution in [1.29, 1.82) is 0 Å². The zero-order chi connectivity index (χ0) is 20.7. The quantitative estimate of drug-likeness (QED) is 0.412.